The highest BCUT2D eigenvalue weighted by Crippen LogP contribution is 2.44. The molecular formula is C17H14F4N6O3. The smallest absolute Gasteiger partial charge is 0.327 e. The number of benzene rings is 1. The van der Waals surface area contributed by atoms with E-state index in [2.05, 4.69) is 20.9 Å². The van der Waals surface area contributed by atoms with Crippen LogP contribution >= 0.6 is 0 Å². The Balaban J connectivity index is 1.69. The van der Waals surface area contributed by atoms with E-state index in [9.17, 15) is 31.9 Å². The van der Waals surface area contributed by atoms with Crippen molar-refractivity contribution in [2.75, 3.05) is 23.8 Å². The van der Waals surface area contributed by atoms with Crippen molar-refractivity contribution in [1.82, 2.24) is 20.2 Å². The van der Waals surface area contributed by atoms with Gasteiger partial charge in [0.15, 0.2) is 17.5 Å². The van der Waals surface area contributed by atoms with Gasteiger partial charge in [-0.2, -0.15) is 8.78 Å². The lowest BCUT2D eigenvalue weighted by atomic mass is 10.1. The second-order valence-electron chi connectivity index (χ2n) is 6.68. The minimum atomic E-state index is -3.59. The number of anilines is 2. The van der Waals surface area contributed by atoms with Crippen molar-refractivity contribution in [2.45, 2.75) is 19.0 Å². The van der Waals surface area contributed by atoms with Crippen LogP contribution in [0.5, 0.6) is 0 Å². The molecule has 9 nitrogen and oxygen atoms in total. The predicted octanol–water partition coefficient (Wildman–Crippen LogP) is 1.29. The summed E-state index contributed by atoms with van der Waals surface area (Å²) in [5, 5.41) is 7.19. The molecule has 4 amide bonds. The van der Waals surface area contributed by atoms with Gasteiger partial charge in [0.25, 0.3) is 11.8 Å². The molecule has 13 heteroatoms. The van der Waals surface area contributed by atoms with Gasteiger partial charge in [0.05, 0.1) is 24.5 Å². The van der Waals surface area contributed by atoms with Crippen LogP contribution in [-0.2, 0) is 23.8 Å². The minimum Gasteiger partial charge on any atom is -0.352 e. The number of carbonyl (C=O) groups excluding carboxylic acids is 3. The van der Waals surface area contributed by atoms with Crippen LogP contribution in [0.15, 0.2) is 12.1 Å². The molecule has 1 aromatic carbocycles. The van der Waals surface area contributed by atoms with Crippen molar-refractivity contribution in [3.63, 3.8) is 0 Å². The molecular weight excluding hydrogens is 412 g/mol. The Morgan fingerprint density at radius 1 is 1.23 bits per heavy atom. The van der Waals surface area contributed by atoms with Crippen LogP contribution in [0, 0.1) is 11.6 Å². The van der Waals surface area contributed by atoms with Crippen LogP contribution in [0.3, 0.4) is 0 Å². The van der Waals surface area contributed by atoms with E-state index in [0.29, 0.717) is 17.0 Å². The number of rotatable bonds is 2. The largest absolute Gasteiger partial charge is 0.352 e. The molecule has 0 saturated heterocycles. The Morgan fingerprint density at radius 3 is 2.63 bits per heavy atom. The number of alkyl halides is 2. The number of fused-ring (bicyclic) bond motifs is 2. The van der Waals surface area contributed by atoms with Gasteiger partial charge in [0.1, 0.15) is 6.54 Å². The Hall–Kier alpha value is -3.64. The average molecular weight is 426 g/mol. The predicted molar refractivity (Wildman–Crippen MR) is 94.1 cm³/mol. The molecule has 0 aliphatic carbocycles. The molecule has 0 radical (unpaired) electrons. The third-order valence-electron chi connectivity index (χ3n) is 4.81. The summed E-state index contributed by atoms with van der Waals surface area (Å²) < 4.78 is 56.8. The molecule has 4 rings (SSSR count). The molecule has 0 spiro atoms. The molecule has 3 heterocycles. The number of hydrogen-bond donors (Lipinski definition) is 3. The molecule has 2 aliphatic heterocycles. The Bertz CT molecular complexity index is 1100. The summed E-state index contributed by atoms with van der Waals surface area (Å²) >= 11 is 0. The maximum absolute atomic E-state index is 14.2. The third-order valence-corrected chi connectivity index (χ3v) is 4.81. The molecule has 158 valence electrons. The molecule has 2 aromatic rings. The number of aromatic nitrogens is 2. The fourth-order valence-electron chi connectivity index (χ4n) is 3.37. The van der Waals surface area contributed by atoms with E-state index in [1.54, 1.807) is 0 Å². The van der Waals surface area contributed by atoms with E-state index in [4.69, 9.17) is 0 Å². The first-order chi connectivity index (χ1) is 14.1. The maximum atomic E-state index is 14.2. The van der Waals surface area contributed by atoms with Gasteiger partial charge in [-0.25, -0.2) is 18.6 Å². The van der Waals surface area contributed by atoms with Gasteiger partial charge in [0, 0.05) is 18.7 Å². The number of amides is 4. The number of halogens is 4. The zero-order valence-corrected chi connectivity index (χ0v) is 15.4. The third kappa shape index (κ3) is 3.02. The summed E-state index contributed by atoms with van der Waals surface area (Å²) in [5.41, 5.74) is -1.02. The number of hydrogen-bond acceptors (Lipinski definition) is 4. The quantitative estimate of drug-likeness (QED) is 0.629. The van der Waals surface area contributed by atoms with E-state index >= 15 is 0 Å². The van der Waals surface area contributed by atoms with Gasteiger partial charge in [-0.3, -0.25) is 19.8 Å². The van der Waals surface area contributed by atoms with Gasteiger partial charge in [-0.1, -0.05) is 0 Å². The number of imidazole rings is 1. The zero-order chi connectivity index (χ0) is 21.8. The van der Waals surface area contributed by atoms with Crippen LogP contribution in [0.25, 0.3) is 0 Å². The van der Waals surface area contributed by atoms with Gasteiger partial charge >= 0.3 is 6.03 Å². The Kier molecular flexibility index (Phi) is 4.40. The molecule has 0 atom stereocenters. The standard InChI is InChI=1S/C17H14F4N6O3/c1-22-15(29)14-24-13(11-4-23-12(28)5-26(11)14)25-16(30)27-6-17(20,21)7-2-8(18)9(19)3-10(7)27/h2-3H,4-6H2,1H3,(H,22,29)(H,23,28)(H,25,30). The van der Waals surface area contributed by atoms with E-state index in [1.807, 2.05) is 0 Å². The topological polar surface area (TPSA) is 108 Å². The zero-order valence-electron chi connectivity index (χ0n) is 15.4. The van der Waals surface area contributed by atoms with Crippen molar-refractivity contribution < 1.29 is 31.9 Å². The fourth-order valence-corrected chi connectivity index (χ4v) is 3.37. The van der Waals surface area contributed by atoms with Crippen LogP contribution < -0.4 is 20.9 Å². The monoisotopic (exact) mass is 426 g/mol. The van der Waals surface area contributed by atoms with E-state index < -0.39 is 47.3 Å². The number of urea groups is 1. The fraction of sp³-hybridized carbons (Fsp3) is 0.294. The molecule has 0 fully saturated rings. The van der Waals surface area contributed by atoms with Crippen LogP contribution in [0.2, 0.25) is 0 Å². The van der Waals surface area contributed by atoms with Crippen molar-refractivity contribution in [1.29, 1.82) is 0 Å². The lowest BCUT2D eigenvalue weighted by Gasteiger charge is -2.20. The van der Waals surface area contributed by atoms with E-state index in [1.165, 1.54) is 11.6 Å². The normalized spacial score (nSPS) is 16.6. The number of nitrogens with zero attached hydrogens (tertiary/aromatic N) is 3. The van der Waals surface area contributed by atoms with Crippen molar-refractivity contribution >= 4 is 29.4 Å². The summed E-state index contributed by atoms with van der Waals surface area (Å²) in [6.07, 6.45) is 0. The Labute approximate surface area is 166 Å². The molecule has 0 saturated carbocycles. The summed E-state index contributed by atoms with van der Waals surface area (Å²) in [5.74, 6) is -7.71. The highest BCUT2D eigenvalue weighted by atomic mass is 19.3. The SMILES string of the molecule is CNC(=O)c1nc(NC(=O)N2CC(F)(F)c3cc(F)c(F)cc32)c2n1CC(=O)NC2. The first-order valence-electron chi connectivity index (χ1n) is 8.66. The summed E-state index contributed by atoms with van der Waals surface area (Å²) in [6, 6.07) is -0.208. The lowest BCUT2D eigenvalue weighted by molar-refractivity contribution is -0.122. The lowest BCUT2D eigenvalue weighted by Crippen LogP contribution is -2.38. The van der Waals surface area contributed by atoms with Crippen molar-refractivity contribution in [3.8, 4) is 0 Å². The first kappa shape index (κ1) is 19.7. The second kappa shape index (κ2) is 6.71. The van der Waals surface area contributed by atoms with E-state index in [-0.39, 0.29) is 36.3 Å². The minimum absolute atomic E-state index is 0.0645. The number of nitrogens with one attached hydrogen (secondary N) is 3. The molecule has 0 bridgehead atoms. The van der Waals surface area contributed by atoms with Gasteiger partial charge in [-0.05, 0) is 6.07 Å². The van der Waals surface area contributed by atoms with E-state index in [0.717, 1.165) is 0 Å². The highest BCUT2D eigenvalue weighted by Gasteiger charge is 2.47. The number of carbonyl (C=O) groups is 3. The summed E-state index contributed by atoms with van der Waals surface area (Å²) in [7, 11) is 1.35. The summed E-state index contributed by atoms with van der Waals surface area (Å²) in [4.78, 5) is 41.0. The van der Waals surface area contributed by atoms with Crippen LogP contribution in [0.4, 0.5) is 33.9 Å². The van der Waals surface area contributed by atoms with Gasteiger partial charge < -0.3 is 15.2 Å². The molecule has 3 N–H and O–H groups in total. The molecule has 2 aliphatic rings. The second-order valence-corrected chi connectivity index (χ2v) is 6.68. The van der Waals surface area contributed by atoms with Crippen LogP contribution in [0.1, 0.15) is 21.9 Å². The molecule has 30 heavy (non-hydrogen) atoms. The van der Waals surface area contributed by atoms with Crippen molar-refractivity contribution in [3.05, 3.63) is 40.8 Å². The molecule has 0 unspecified atom stereocenters. The Morgan fingerprint density at radius 2 is 1.93 bits per heavy atom. The molecule has 1 aromatic heterocycles. The maximum Gasteiger partial charge on any atom is 0.327 e. The van der Waals surface area contributed by atoms with Crippen LogP contribution in [-0.4, -0.2) is 41.0 Å². The summed E-state index contributed by atoms with van der Waals surface area (Å²) in [6.45, 7) is -1.42. The van der Waals surface area contributed by atoms with Crippen molar-refractivity contribution in [2.24, 2.45) is 0 Å². The average Bonchev–Trinajstić information content (AvgIpc) is 3.16. The van der Waals surface area contributed by atoms with Gasteiger partial charge in [-0.15, -0.1) is 0 Å². The first-order valence-corrected chi connectivity index (χ1v) is 8.66. The van der Waals surface area contributed by atoms with Gasteiger partial charge in [0.2, 0.25) is 11.7 Å². The highest BCUT2D eigenvalue weighted by molar-refractivity contribution is 6.04.